The molecule has 0 saturated carbocycles. The summed E-state index contributed by atoms with van der Waals surface area (Å²) in [5.74, 6) is 0.414. The molecule has 2 heterocycles. The summed E-state index contributed by atoms with van der Waals surface area (Å²) in [5, 5.41) is 6.95. The summed E-state index contributed by atoms with van der Waals surface area (Å²) in [5.41, 5.74) is 4.40. The first-order valence-corrected chi connectivity index (χ1v) is 7.44. The van der Waals surface area contributed by atoms with Gasteiger partial charge in [-0.1, -0.05) is 12.1 Å². The lowest BCUT2D eigenvalue weighted by Crippen LogP contribution is -2.17. The summed E-state index contributed by atoms with van der Waals surface area (Å²) in [6.45, 7) is 3.73. The van der Waals surface area contributed by atoms with E-state index in [1.807, 2.05) is 13.0 Å². The SMILES string of the molecule is CCc1noc(C)c1C(=O)Nc1ccnc2c1CCCC2. The fourth-order valence-corrected chi connectivity index (χ4v) is 2.88. The van der Waals surface area contributed by atoms with Gasteiger partial charge in [0.2, 0.25) is 0 Å². The van der Waals surface area contributed by atoms with Crippen LogP contribution in [0.3, 0.4) is 0 Å². The molecule has 5 nitrogen and oxygen atoms in total. The Morgan fingerprint density at radius 1 is 1.38 bits per heavy atom. The second kappa shape index (κ2) is 5.68. The molecule has 0 spiro atoms. The van der Waals surface area contributed by atoms with E-state index in [0.29, 0.717) is 23.4 Å². The average Bonchev–Trinajstić information content (AvgIpc) is 2.88. The fourth-order valence-electron chi connectivity index (χ4n) is 2.88. The predicted octanol–water partition coefficient (Wildman–Crippen LogP) is 3.07. The number of carbonyl (C=O) groups is 1. The Kier molecular flexibility index (Phi) is 3.73. The summed E-state index contributed by atoms with van der Waals surface area (Å²) in [6, 6.07) is 1.87. The van der Waals surface area contributed by atoms with Crippen molar-refractivity contribution in [2.75, 3.05) is 5.32 Å². The van der Waals surface area contributed by atoms with E-state index < -0.39 is 0 Å². The number of rotatable bonds is 3. The van der Waals surface area contributed by atoms with E-state index in [4.69, 9.17) is 4.52 Å². The molecule has 0 radical (unpaired) electrons. The van der Waals surface area contributed by atoms with Gasteiger partial charge in [-0.25, -0.2) is 0 Å². The van der Waals surface area contributed by atoms with Crippen LogP contribution >= 0.6 is 0 Å². The Morgan fingerprint density at radius 2 is 2.19 bits per heavy atom. The van der Waals surface area contributed by atoms with E-state index in [2.05, 4.69) is 15.5 Å². The maximum absolute atomic E-state index is 12.5. The molecule has 1 aliphatic carbocycles. The van der Waals surface area contributed by atoms with Crippen molar-refractivity contribution in [1.29, 1.82) is 0 Å². The summed E-state index contributed by atoms with van der Waals surface area (Å²) in [4.78, 5) is 16.9. The smallest absolute Gasteiger partial charge is 0.261 e. The van der Waals surface area contributed by atoms with E-state index in [1.54, 1.807) is 13.1 Å². The molecule has 1 aliphatic rings. The quantitative estimate of drug-likeness (QED) is 0.941. The second-order valence-corrected chi connectivity index (χ2v) is 5.36. The number of aryl methyl sites for hydroxylation is 3. The van der Waals surface area contributed by atoms with Crippen molar-refractivity contribution in [2.24, 2.45) is 0 Å². The number of hydrogen-bond donors (Lipinski definition) is 1. The highest BCUT2D eigenvalue weighted by Crippen LogP contribution is 2.27. The molecule has 0 atom stereocenters. The average molecular weight is 285 g/mol. The highest BCUT2D eigenvalue weighted by molar-refractivity contribution is 6.06. The molecular weight excluding hydrogens is 266 g/mol. The first-order chi connectivity index (χ1) is 10.2. The van der Waals surface area contributed by atoms with Gasteiger partial charge in [0, 0.05) is 17.6 Å². The van der Waals surface area contributed by atoms with Crippen molar-refractivity contribution in [1.82, 2.24) is 10.1 Å². The molecule has 0 aliphatic heterocycles. The zero-order valence-electron chi connectivity index (χ0n) is 12.4. The Labute approximate surface area is 123 Å². The zero-order chi connectivity index (χ0) is 14.8. The van der Waals surface area contributed by atoms with Crippen LogP contribution in [0.4, 0.5) is 5.69 Å². The van der Waals surface area contributed by atoms with Gasteiger partial charge in [0.25, 0.3) is 5.91 Å². The van der Waals surface area contributed by atoms with E-state index in [0.717, 1.165) is 30.6 Å². The summed E-state index contributed by atoms with van der Waals surface area (Å²) in [6.07, 6.45) is 6.72. The second-order valence-electron chi connectivity index (χ2n) is 5.36. The number of nitrogens with zero attached hydrogens (tertiary/aromatic N) is 2. The molecule has 2 aromatic rings. The van der Waals surface area contributed by atoms with E-state index >= 15 is 0 Å². The molecule has 3 rings (SSSR count). The maximum atomic E-state index is 12.5. The topological polar surface area (TPSA) is 68.0 Å². The van der Waals surface area contributed by atoms with Crippen LogP contribution in [0.15, 0.2) is 16.8 Å². The minimum atomic E-state index is -0.149. The van der Waals surface area contributed by atoms with Gasteiger partial charge in [-0.2, -0.15) is 0 Å². The Balaban J connectivity index is 1.90. The van der Waals surface area contributed by atoms with Gasteiger partial charge in [0.1, 0.15) is 11.3 Å². The monoisotopic (exact) mass is 285 g/mol. The standard InChI is InChI=1S/C16H19N3O2/c1-3-12-15(10(2)21-19-12)16(20)18-14-8-9-17-13-7-5-4-6-11(13)14/h8-9H,3-7H2,1-2H3,(H,17,18,20). The number of hydrogen-bond acceptors (Lipinski definition) is 4. The summed E-state index contributed by atoms with van der Waals surface area (Å²) < 4.78 is 5.13. The number of aromatic nitrogens is 2. The summed E-state index contributed by atoms with van der Waals surface area (Å²) in [7, 11) is 0. The number of pyridine rings is 1. The lowest BCUT2D eigenvalue weighted by Gasteiger charge is -2.18. The first-order valence-electron chi connectivity index (χ1n) is 7.44. The van der Waals surface area contributed by atoms with Gasteiger partial charge >= 0.3 is 0 Å². The van der Waals surface area contributed by atoms with Gasteiger partial charge in [0.15, 0.2) is 0 Å². The van der Waals surface area contributed by atoms with Gasteiger partial charge < -0.3 is 9.84 Å². The predicted molar refractivity (Wildman–Crippen MR) is 79.5 cm³/mol. The first kappa shape index (κ1) is 13.8. The van der Waals surface area contributed by atoms with Gasteiger partial charge in [0.05, 0.1) is 5.69 Å². The van der Waals surface area contributed by atoms with E-state index in [9.17, 15) is 4.79 Å². The molecule has 1 amide bonds. The zero-order valence-corrected chi connectivity index (χ0v) is 12.4. The molecule has 5 heteroatoms. The minimum Gasteiger partial charge on any atom is -0.361 e. The Morgan fingerprint density at radius 3 is 3.00 bits per heavy atom. The molecule has 0 unspecified atom stereocenters. The van der Waals surface area contributed by atoms with Crippen LogP contribution < -0.4 is 5.32 Å². The van der Waals surface area contributed by atoms with Crippen LogP contribution in [0.1, 0.15) is 52.8 Å². The van der Waals surface area contributed by atoms with Crippen molar-refractivity contribution in [2.45, 2.75) is 46.0 Å². The highest BCUT2D eigenvalue weighted by atomic mass is 16.5. The van der Waals surface area contributed by atoms with Crippen LogP contribution in [0.2, 0.25) is 0 Å². The number of amides is 1. The fraction of sp³-hybridized carbons (Fsp3) is 0.438. The van der Waals surface area contributed by atoms with Crippen molar-refractivity contribution in [3.05, 3.63) is 40.5 Å². The number of nitrogens with one attached hydrogen (secondary N) is 1. The lowest BCUT2D eigenvalue weighted by molar-refractivity contribution is 0.102. The van der Waals surface area contributed by atoms with Crippen LogP contribution in [0, 0.1) is 6.92 Å². The lowest BCUT2D eigenvalue weighted by atomic mass is 9.94. The van der Waals surface area contributed by atoms with Gasteiger partial charge in [-0.15, -0.1) is 0 Å². The third-order valence-corrected chi connectivity index (χ3v) is 3.98. The minimum absolute atomic E-state index is 0.149. The Hall–Kier alpha value is -2.17. The van der Waals surface area contributed by atoms with Crippen molar-refractivity contribution < 1.29 is 9.32 Å². The molecule has 0 saturated heterocycles. The van der Waals surface area contributed by atoms with Gasteiger partial charge in [-0.05, 0) is 50.7 Å². The van der Waals surface area contributed by atoms with Crippen LogP contribution in [0.5, 0.6) is 0 Å². The van der Waals surface area contributed by atoms with E-state index in [-0.39, 0.29) is 5.91 Å². The normalized spacial score (nSPS) is 13.8. The largest absolute Gasteiger partial charge is 0.361 e. The summed E-state index contributed by atoms with van der Waals surface area (Å²) >= 11 is 0. The molecule has 21 heavy (non-hydrogen) atoms. The highest BCUT2D eigenvalue weighted by Gasteiger charge is 2.21. The van der Waals surface area contributed by atoms with Crippen LogP contribution in [0.25, 0.3) is 0 Å². The number of carbonyl (C=O) groups excluding carboxylic acids is 1. The molecule has 1 N–H and O–H groups in total. The van der Waals surface area contributed by atoms with E-state index in [1.165, 1.54) is 12.0 Å². The van der Waals surface area contributed by atoms with Crippen LogP contribution in [-0.2, 0) is 19.3 Å². The Bertz CT molecular complexity index is 676. The van der Waals surface area contributed by atoms with Crippen molar-refractivity contribution in [3.63, 3.8) is 0 Å². The molecule has 2 aromatic heterocycles. The molecule has 0 aromatic carbocycles. The third kappa shape index (κ3) is 2.55. The molecule has 110 valence electrons. The number of fused-ring (bicyclic) bond motifs is 1. The molecular formula is C16H19N3O2. The van der Waals surface area contributed by atoms with Gasteiger partial charge in [-0.3, -0.25) is 9.78 Å². The third-order valence-electron chi connectivity index (χ3n) is 3.98. The van der Waals surface area contributed by atoms with Crippen molar-refractivity contribution >= 4 is 11.6 Å². The molecule has 0 bridgehead atoms. The molecule has 0 fully saturated rings. The maximum Gasteiger partial charge on any atom is 0.261 e. The van der Waals surface area contributed by atoms with Crippen molar-refractivity contribution in [3.8, 4) is 0 Å². The van der Waals surface area contributed by atoms with Crippen LogP contribution in [-0.4, -0.2) is 16.0 Å². The number of anilines is 1.